The molecule has 1 aliphatic rings. The molecule has 1 aliphatic carbocycles. The highest BCUT2D eigenvalue weighted by atomic mass is 16.5. The average molecular weight is 276 g/mol. The standard InChI is InChI=1S/C16H24N2O2/c1-2-3-11-20-16(19)15-10-9-14(12-17-15)18-13-7-5-4-6-8-13/h9-10,12-13,18H,2-8,11H2,1H3. The summed E-state index contributed by atoms with van der Waals surface area (Å²) in [6.45, 7) is 2.54. The van der Waals surface area contributed by atoms with E-state index >= 15 is 0 Å². The first-order valence-corrected chi connectivity index (χ1v) is 7.69. The Morgan fingerprint density at radius 2 is 2.15 bits per heavy atom. The summed E-state index contributed by atoms with van der Waals surface area (Å²) in [6, 6.07) is 4.20. The molecule has 1 aromatic heterocycles. The zero-order valence-corrected chi connectivity index (χ0v) is 12.2. The van der Waals surface area contributed by atoms with E-state index in [0.717, 1.165) is 18.5 Å². The molecule has 2 rings (SSSR count). The number of carbonyl (C=O) groups excluding carboxylic acids is 1. The van der Waals surface area contributed by atoms with E-state index in [0.29, 0.717) is 18.3 Å². The van der Waals surface area contributed by atoms with E-state index in [1.165, 1.54) is 32.1 Å². The van der Waals surface area contributed by atoms with Crippen molar-refractivity contribution in [1.82, 2.24) is 4.98 Å². The number of ether oxygens (including phenoxy) is 1. The molecule has 110 valence electrons. The van der Waals surface area contributed by atoms with Gasteiger partial charge in [-0.25, -0.2) is 9.78 Å². The molecular formula is C16H24N2O2. The fourth-order valence-electron chi connectivity index (χ4n) is 2.47. The van der Waals surface area contributed by atoms with Gasteiger partial charge in [0.2, 0.25) is 0 Å². The highest BCUT2D eigenvalue weighted by Crippen LogP contribution is 2.21. The van der Waals surface area contributed by atoms with Gasteiger partial charge in [-0.3, -0.25) is 0 Å². The third-order valence-electron chi connectivity index (χ3n) is 3.68. The summed E-state index contributed by atoms with van der Waals surface area (Å²) in [5, 5.41) is 3.48. The van der Waals surface area contributed by atoms with Crippen molar-refractivity contribution in [1.29, 1.82) is 0 Å². The number of nitrogens with one attached hydrogen (secondary N) is 1. The van der Waals surface area contributed by atoms with Crippen LogP contribution in [-0.2, 0) is 4.74 Å². The summed E-state index contributed by atoms with van der Waals surface area (Å²) >= 11 is 0. The Morgan fingerprint density at radius 3 is 2.80 bits per heavy atom. The van der Waals surface area contributed by atoms with Gasteiger partial charge in [0.1, 0.15) is 5.69 Å². The van der Waals surface area contributed by atoms with Gasteiger partial charge < -0.3 is 10.1 Å². The maximum Gasteiger partial charge on any atom is 0.356 e. The van der Waals surface area contributed by atoms with Gasteiger partial charge in [-0.15, -0.1) is 0 Å². The lowest BCUT2D eigenvalue weighted by molar-refractivity contribution is 0.0493. The number of nitrogens with zero attached hydrogens (tertiary/aromatic N) is 1. The SMILES string of the molecule is CCCCOC(=O)c1ccc(NC2CCCCC2)cn1. The largest absolute Gasteiger partial charge is 0.461 e. The Morgan fingerprint density at radius 1 is 1.35 bits per heavy atom. The van der Waals surface area contributed by atoms with Crippen molar-refractivity contribution >= 4 is 11.7 Å². The van der Waals surface area contributed by atoms with E-state index in [9.17, 15) is 4.79 Å². The summed E-state index contributed by atoms with van der Waals surface area (Å²) in [4.78, 5) is 15.9. The summed E-state index contributed by atoms with van der Waals surface area (Å²) in [5.74, 6) is -0.331. The Bertz CT molecular complexity index is 411. The van der Waals surface area contributed by atoms with Crippen molar-refractivity contribution < 1.29 is 9.53 Å². The number of unbranched alkanes of at least 4 members (excludes halogenated alkanes) is 1. The summed E-state index contributed by atoms with van der Waals surface area (Å²) in [5.41, 5.74) is 1.37. The first-order chi connectivity index (χ1) is 9.79. The molecular weight excluding hydrogens is 252 g/mol. The van der Waals surface area contributed by atoms with E-state index in [2.05, 4.69) is 17.2 Å². The fraction of sp³-hybridized carbons (Fsp3) is 0.625. The smallest absolute Gasteiger partial charge is 0.356 e. The molecule has 1 aromatic rings. The topological polar surface area (TPSA) is 51.2 Å². The Labute approximate surface area is 120 Å². The maximum atomic E-state index is 11.7. The van der Waals surface area contributed by atoms with Crippen molar-refractivity contribution in [3.05, 3.63) is 24.0 Å². The molecule has 20 heavy (non-hydrogen) atoms. The van der Waals surface area contributed by atoms with Crippen LogP contribution in [0, 0.1) is 0 Å². The molecule has 0 spiro atoms. The minimum absolute atomic E-state index is 0.331. The molecule has 0 aromatic carbocycles. The Balaban J connectivity index is 1.83. The summed E-state index contributed by atoms with van der Waals surface area (Å²) in [6.07, 6.45) is 10.0. The van der Waals surface area contributed by atoms with E-state index in [1.807, 2.05) is 6.07 Å². The van der Waals surface area contributed by atoms with Crippen LogP contribution in [0.2, 0.25) is 0 Å². The summed E-state index contributed by atoms with van der Waals surface area (Å²) in [7, 11) is 0. The van der Waals surface area contributed by atoms with E-state index in [1.54, 1.807) is 12.3 Å². The Hall–Kier alpha value is -1.58. The maximum absolute atomic E-state index is 11.7. The van der Waals surface area contributed by atoms with Crippen molar-refractivity contribution in [3.63, 3.8) is 0 Å². The number of hydrogen-bond donors (Lipinski definition) is 1. The zero-order valence-electron chi connectivity index (χ0n) is 12.2. The van der Waals surface area contributed by atoms with Gasteiger partial charge in [0.25, 0.3) is 0 Å². The normalized spacial score (nSPS) is 15.8. The zero-order chi connectivity index (χ0) is 14.2. The molecule has 0 saturated heterocycles. The third-order valence-corrected chi connectivity index (χ3v) is 3.68. The number of hydrogen-bond acceptors (Lipinski definition) is 4. The summed E-state index contributed by atoms with van der Waals surface area (Å²) < 4.78 is 5.14. The molecule has 0 amide bonds. The quantitative estimate of drug-likeness (QED) is 0.634. The molecule has 0 radical (unpaired) electrons. The lowest BCUT2D eigenvalue weighted by atomic mass is 9.95. The van der Waals surface area contributed by atoms with Gasteiger partial charge in [0.15, 0.2) is 0 Å². The lowest BCUT2D eigenvalue weighted by Gasteiger charge is -2.23. The van der Waals surface area contributed by atoms with Gasteiger partial charge in [-0.2, -0.15) is 0 Å². The molecule has 1 saturated carbocycles. The third kappa shape index (κ3) is 4.51. The van der Waals surface area contributed by atoms with Gasteiger partial charge in [-0.05, 0) is 31.4 Å². The van der Waals surface area contributed by atoms with Crippen LogP contribution < -0.4 is 5.32 Å². The minimum atomic E-state index is -0.331. The van der Waals surface area contributed by atoms with E-state index in [4.69, 9.17) is 4.74 Å². The van der Waals surface area contributed by atoms with Crippen molar-refractivity contribution in [2.45, 2.75) is 57.9 Å². The van der Waals surface area contributed by atoms with Crippen LogP contribution in [0.15, 0.2) is 18.3 Å². The van der Waals surface area contributed by atoms with Crippen LogP contribution in [0.5, 0.6) is 0 Å². The lowest BCUT2D eigenvalue weighted by Crippen LogP contribution is -2.22. The molecule has 0 unspecified atom stereocenters. The fourth-order valence-corrected chi connectivity index (χ4v) is 2.47. The molecule has 1 N–H and O–H groups in total. The average Bonchev–Trinajstić information content (AvgIpc) is 2.49. The molecule has 0 bridgehead atoms. The number of rotatable bonds is 6. The second kappa shape index (κ2) is 7.88. The molecule has 0 aliphatic heterocycles. The monoisotopic (exact) mass is 276 g/mol. The highest BCUT2D eigenvalue weighted by molar-refractivity contribution is 5.87. The first-order valence-electron chi connectivity index (χ1n) is 7.69. The van der Waals surface area contributed by atoms with Crippen LogP contribution >= 0.6 is 0 Å². The van der Waals surface area contributed by atoms with Crippen LogP contribution in [0.3, 0.4) is 0 Å². The molecule has 4 nitrogen and oxygen atoms in total. The van der Waals surface area contributed by atoms with E-state index in [-0.39, 0.29) is 5.97 Å². The number of esters is 1. The molecule has 4 heteroatoms. The second-order valence-corrected chi connectivity index (χ2v) is 5.40. The van der Waals surface area contributed by atoms with Crippen LogP contribution in [0.25, 0.3) is 0 Å². The first kappa shape index (κ1) is 14.8. The number of carbonyl (C=O) groups is 1. The van der Waals surface area contributed by atoms with Gasteiger partial charge in [0, 0.05) is 6.04 Å². The van der Waals surface area contributed by atoms with Gasteiger partial charge >= 0.3 is 5.97 Å². The van der Waals surface area contributed by atoms with Crippen LogP contribution in [-0.4, -0.2) is 23.6 Å². The van der Waals surface area contributed by atoms with Crippen LogP contribution in [0.1, 0.15) is 62.4 Å². The van der Waals surface area contributed by atoms with Crippen molar-refractivity contribution in [2.75, 3.05) is 11.9 Å². The van der Waals surface area contributed by atoms with Gasteiger partial charge in [-0.1, -0.05) is 32.6 Å². The molecule has 0 atom stereocenters. The van der Waals surface area contributed by atoms with Crippen LogP contribution in [0.4, 0.5) is 5.69 Å². The van der Waals surface area contributed by atoms with Gasteiger partial charge in [0.05, 0.1) is 18.5 Å². The second-order valence-electron chi connectivity index (χ2n) is 5.40. The molecule has 1 fully saturated rings. The van der Waals surface area contributed by atoms with Crippen molar-refractivity contribution in [2.24, 2.45) is 0 Å². The Kier molecular flexibility index (Phi) is 5.84. The van der Waals surface area contributed by atoms with Crippen molar-refractivity contribution in [3.8, 4) is 0 Å². The number of pyridine rings is 1. The number of aromatic nitrogens is 1. The molecule has 1 heterocycles. The number of anilines is 1. The predicted molar refractivity (Wildman–Crippen MR) is 79.9 cm³/mol. The highest BCUT2D eigenvalue weighted by Gasteiger charge is 2.13. The van der Waals surface area contributed by atoms with E-state index < -0.39 is 0 Å². The minimum Gasteiger partial charge on any atom is -0.461 e. The predicted octanol–water partition coefficient (Wildman–Crippen LogP) is 3.78.